The number of furan rings is 1. The molecule has 5 nitrogen and oxygen atoms in total. The van der Waals surface area contributed by atoms with Crippen molar-refractivity contribution >= 4 is 54.6 Å². The molecule has 0 unspecified atom stereocenters. The predicted octanol–water partition coefficient (Wildman–Crippen LogP) is 15.6. The molecular formula is C57H53IrN3O2-2. The van der Waals surface area contributed by atoms with Gasteiger partial charge in [-0.25, -0.2) is 4.98 Å². The van der Waals surface area contributed by atoms with Crippen LogP contribution in [-0.4, -0.2) is 15.0 Å². The summed E-state index contributed by atoms with van der Waals surface area (Å²) in [5.41, 5.74) is 7.00. The molecule has 0 fully saturated rings. The van der Waals surface area contributed by atoms with Crippen LogP contribution >= 0.6 is 0 Å². The molecule has 4 heterocycles. The predicted molar refractivity (Wildman–Crippen MR) is 258 cm³/mol. The van der Waals surface area contributed by atoms with Crippen molar-refractivity contribution < 1.29 is 38.5 Å². The van der Waals surface area contributed by atoms with Gasteiger partial charge in [0.25, 0.3) is 0 Å². The number of hydrogen-bond donors (Lipinski definition) is 0. The average Bonchev–Trinajstić information content (AvgIpc) is 3.89. The number of rotatable bonds is 3. The largest absolute Gasteiger partial charge is 0.501 e. The van der Waals surface area contributed by atoms with E-state index in [0.717, 1.165) is 60.6 Å². The van der Waals surface area contributed by atoms with Gasteiger partial charge in [0, 0.05) is 57.0 Å². The standard InChI is InChI=1S/C37H30NO.C20H23N2O.Ir/c1-22-17-26(37(3,4)5)15-16-27(22)31-19-34(38-21-23(31)2)30-12-8-11-29-33-18-25-14-13-24-9-6-7-10-28(24)32(25)20-35(33)39-36(29)30;1-19(2,3)14-8-9-15(21-12-14)13-7-10-17-16(11-13)22-18(23-17)20(4,5)6;/h6-11,13-21H,1-5H3;8-12H,1-6H3;/q2*-1;/i1D3,2D3,16D;;. The Morgan fingerprint density at radius 3 is 2.08 bits per heavy atom. The zero-order valence-electron chi connectivity index (χ0n) is 44.0. The van der Waals surface area contributed by atoms with Crippen molar-refractivity contribution in [2.75, 3.05) is 0 Å². The molecule has 319 valence electrons. The normalized spacial score (nSPS) is 14.3. The Morgan fingerprint density at radius 2 is 1.35 bits per heavy atom. The van der Waals surface area contributed by atoms with E-state index in [1.165, 1.54) is 11.8 Å². The molecule has 0 spiro atoms. The summed E-state index contributed by atoms with van der Waals surface area (Å²) in [5, 5.41) is 6.16. The summed E-state index contributed by atoms with van der Waals surface area (Å²) < 4.78 is 71.2. The summed E-state index contributed by atoms with van der Waals surface area (Å²) in [7, 11) is 0. The van der Waals surface area contributed by atoms with Crippen LogP contribution in [0.2, 0.25) is 0 Å². The van der Waals surface area contributed by atoms with Crippen LogP contribution in [0.25, 0.3) is 88.2 Å². The fraction of sp³-hybridized carbons (Fsp3) is 0.246. The van der Waals surface area contributed by atoms with Gasteiger partial charge >= 0.3 is 0 Å². The number of oxazole rings is 1. The van der Waals surface area contributed by atoms with E-state index in [0.29, 0.717) is 28.0 Å². The number of aromatic nitrogens is 3. The van der Waals surface area contributed by atoms with Crippen molar-refractivity contribution in [2.24, 2.45) is 0 Å². The van der Waals surface area contributed by atoms with E-state index in [1.54, 1.807) is 24.3 Å². The summed E-state index contributed by atoms with van der Waals surface area (Å²) in [5.74, 6) is 0.745. The minimum Gasteiger partial charge on any atom is -0.501 e. The second-order valence-corrected chi connectivity index (χ2v) is 19.1. The van der Waals surface area contributed by atoms with Crippen molar-refractivity contribution in [3.63, 3.8) is 0 Å². The fourth-order valence-electron chi connectivity index (χ4n) is 7.72. The monoisotopic (exact) mass is 1010 g/mol. The van der Waals surface area contributed by atoms with E-state index in [9.17, 15) is 0 Å². The smallest absolute Gasteiger partial charge is 0.188 e. The van der Waals surface area contributed by atoms with E-state index in [-0.39, 0.29) is 59.2 Å². The molecule has 6 aromatic carbocycles. The second-order valence-electron chi connectivity index (χ2n) is 19.1. The molecular weight excluding hydrogens is 951 g/mol. The maximum atomic E-state index is 8.98. The van der Waals surface area contributed by atoms with Crippen LogP contribution in [0.4, 0.5) is 0 Å². The van der Waals surface area contributed by atoms with E-state index in [4.69, 9.17) is 18.4 Å². The minimum absolute atomic E-state index is 0. The zero-order chi connectivity index (χ0) is 49.6. The van der Waals surface area contributed by atoms with Gasteiger partial charge in [0.1, 0.15) is 5.58 Å². The number of fused-ring (bicyclic) bond motifs is 7. The molecule has 10 aromatic rings. The first-order valence-corrected chi connectivity index (χ1v) is 20.9. The van der Waals surface area contributed by atoms with Crippen LogP contribution in [0, 0.1) is 25.8 Å². The summed E-state index contributed by atoms with van der Waals surface area (Å²) in [6.45, 7) is 13.5. The number of hydrogen-bond acceptors (Lipinski definition) is 5. The van der Waals surface area contributed by atoms with Crippen LogP contribution in [-0.2, 0) is 36.4 Å². The van der Waals surface area contributed by atoms with Gasteiger partial charge in [0.2, 0.25) is 0 Å². The summed E-state index contributed by atoms with van der Waals surface area (Å²) >= 11 is 0. The van der Waals surface area contributed by atoms with Gasteiger partial charge in [-0.2, -0.15) is 0 Å². The molecule has 0 saturated carbocycles. The number of pyridine rings is 2. The molecule has 0 saturated heterocycles. The third-order valence-electron chi connectivity index (χ3n) is 11.4. The first-order chi connectivity index (χ1) is 32.3. The number of nitrogens with zero attached hydrogens (tertiary/aromatic N) is 3. The molecule has 0 amide bonds. The Balaban J connectivity index is 0.000000231. The van der Waals surface area contributed by atoms with Gasteiger partial charge in [0.05, 0.1) is 12.5 Å². The van der Waals surface area contributed by atoms with Gasteiger partial charge in [0.15, 0.2) is 5.89 Å². The molecule has 0 bridgehead atoms. The Hall–Kier alpha value is -5.94. The number of aryl methyl sites for hydroxylation is 2. The van der Waals surface area contributed by atoms with Gasteiger partial charge in [-0.05, 0) is 103 Å². The van der Waals surface area contributed by atoms with Gasteiger partial charge in [-0.3, -0.25) is 0 Å². The molecule has 1 radical (unpaired) electrons. The van der Waals surface area contributed by atoms with E-state index < -0.39 is 19.1 Å². The molecule has 0 N–H and O–H groups in total. The Kier molecular flexibility index (Phi) is 9.20. The summed E-state index contributed by atoms with van der Waals surface area (Å²) in [6, 6.07) is 39.4. The van der Waals surface area contributed by atoms with Gasteiger partial charge in [-0.1, -0.05) is 146 Å². The van der Waals surface area contributed by atoms with Crippen LogP contribution < -0.4 is 0 Å². The van der Waals surface area contributed by atoms with Crippen LogP contribution in [0.15, 0.2) is 130 Å². The zero-order valence-corrected chi connectivity index (χ0v) is 39.4. The SMILES string of the molecule is CC(C)(C)c1ccc(-c2[c-]cc3oc(C(C)(C)C)nc3c2)nc1.[2H]c1cc(C(C)(C)C)cc(C([2H])([2H])[2H])c1-c1cc(-c2[c-]ccc3c2oc2cc4c(ccc5ccccc54)cc23)ncc1C([2H])([2H])[2H].[Ir]. The Labute approximate surface area is 394 Å². The minimum atomic E-state index is -2.61. The summed E-state index contributed by atoms with van der Waals surface area (Å²) in [4.78, 5) is 13.7. The molecule has 0 aliphatic rings. The van der Waals surface area contributed by atoms with Crippen molar-refractivity contribution in [3.05, 3.63) is 162 Å². The first-order valence-electron chi connectivity index (χ1n) is 24.4. The quantitative estimate of drug-likeness (QED) is 0.130. The maximum absolute atomic E-state index is 8.98. The van der Waals surface area contributed by atoms with Crippen molar-refractivity contribution in [1.82, 2.24) is 15.0 Å². The second kappa shape index (κ2) is 16.3. The number of benzene rings is 6. The van der Waals surface area contributed by atoms with E-state index in [1.807, 2.05) is 69.4 Å². The van der Waals surface area contributed by atoms with Gasteiger partial charge in [-0.15, -0.1) is 42.0 Å². The Morgan fingerprint density at radius 1 is 0.587 bits per heavy atom. The van der Waals surface area contributed by atoms with Crippen LogP contribution in [0.5, 0.6) is 0 Å². The molecule has 4 aromatic heterocycles. The molecule has 63 heavy (non-hydrogen) atoms. The molecule has 0 aliphatic heterocycles. The Bertz CT molecular complexity index is 3610. The third kappa shape index (κ3) is 8.47. The molecule has 0 atom stereocenters. The first kappa shape index (κ1) is 35.5. The summed E-state index contributed by atoms with van der Waals surface area (Å²) in [6.07, 6.45) is 3.20. The fourth-order valence-corrected chi connectivity index (χ4v) is 7.72. The maximum Gasteiger partial charge on any atom is 0.188 e. The molecule has 6 heteroatoms. The van der Waals surface area contributed by atoms with Crippen molar-refractivity contribution in [2.45, 2.75) is 92.3 Å². The third-order valence-corrected chi connectivity index (χ3v) is 11.4. The van der Waals surface area contributed by atoms with Crippen LogP contribution in [0.3, 0.4) is 0 Å². The molecule has 10 rings (SSSR count). The van der Waals surface area contributed by atoms with Crippen molar-refractivity contribution in [3.8, 4) is 33.6 Å². The van der Waals surface area contributed by atoms with Crippen LogP contribution in [0.1, 0.15) is 100 Å². The average molecular weight is 1010 g/mol. The van der Waals surface area contributed by atoms with E-state index >= 15 is 0 Å². The van der Waals surface area contributed by atoms with Gasteiger partial charge < -0.3 is 18.8 Å². The van der Waals surface area contributed by atoms with Crippen molar-refractivity contribution in [1.29, 1.82) is 0 Å². The molecule has 0 aliphatic carbocycles. The van der Waals surface area contributed by atoms with E-state index in [2.05, 4.69) is 105 Å². The topological polar surface area (TPSA) is 65.0 Å².